The van der Waals surface area contributed by atoms with Gasteiger partial charge >= 0.3 is 5.97 Å². The zero-order valence-corrected chi connectivity index (χ0v) is 20.8. The van der Waals surface area contributed by atoms with Crippen molar-refractivity contribution < 1.29 is 22.7 Å². The molecule has 0 radical (unpaired) electrons. The first-order chi connectivity index (χ1) is 15.5. The number of ether oxygens (including phenoxy) is 2. The lowest BCUT2D eigenvalue weighted by atomic mass is 10.0. The van der Waals surface area contributed by atoms with E-state index in [9.17, 15) is 13.2 Å². The fraction of sp³-hybridized carbons (Fsp3) is 0.480. The molecule has 0 amide bonds. The number of rotatable bonds is 7. The molecule has 33 heavy (non-hydrogen) atoms. The van der Waals surface area contributed by atoms with E-state index in [1.54, 1.807) is 32.9 Å². The van der Waals surface area contributed by atoms with Gasteiger partial charge < -0.3 is 14.8 Å². The van der Waals surface area contributed by atoms with E-state index in [4.69, 9.17) is 9.47 Å². The average molecular weight is 475 g/mol. The Kier molecular flexibility index (Phi) is 7.69. The van der Waals surface area contributed by atoms with E-state index in [-0.39, 0.29) is 17.4 Å². The van der Waals surface area contributed by atoms with Gasteiger partial charge in [-0.25, -0.2) is 8.42 Å². The Labute approximate surface area is 197 Å². The van der Waals surface area contributed by atoms with Crippen LogP contribution in [0.1, 0.15) is 46.6 Å². The summed E-state index contributed by atoms with van der Waals surface area (Å²) in [7, 11) is -3.93. The number of hydrogen-bond acceptors (Lipinski definition) is 6. The van der Waals surface area contributed by atoms with Crippen molar-refractivity contribution in [2.75, 3.05) is 18.4 Å². The average Bonchev–Trinajstić information content (AvgIpc) is 2.85. The third-order valence-electron chi connectivity index (χ3n) is 5.15. The molecule has 0 aromatic heterocycles. The topological polar surface area (TPSA) is 84.9 Å². The summed E-state index contributed by atoms with van der Waals surface area (Å²) >= 11 is 0. The smallest absolute Gasteiger partial charge is 0.324 e. The number of sulfonamides is 1. The molecular weight excluding hydrogens is 440 g/mol. The minimum Gasteiger partial charge on any atom is -0.489 e. The lowest BCUT2D eigenvalue weighted by Gasteiger charge is -2.31. The summed E-state index contributed by atoms with van der Waals surface area (Å²) in [5.41, 5.74) is 0.784. The van der Waals surface area contributed by atoms with Crippen LogP contribution in [0.2, 0.25) is 0 Å². The third kappa shape index (κ3) is 6.48. The fourth-order valence-electron chi connectivity index (χ4n) is 3.72. The molecule has 2 aromatic carbocycles. The number of hydrogen-bond donors (Lipinski definition) is 1. The van der Waals surface area contributed by atoms with Gasteiger partial charge in [-0.1, -0.05) is 44.2 Å². The van der Waals surface area contributed by atoms with E-state index in [1.165, 1.54) is 10.4 Å². The molecule has 7 nitrogen and oxygen atoms in total. The van der Waals surface area contributed by atoms with Gasteiger partial charge in [0.2, 0.25) is 10.0 Å². The lowest BCUT2D eigenvalue weighted by Crippen LogP contribution is -2.48. The predicted molar refractivity (Wildman–Crippen MR) is 129 cm³/mol. The summed E-state index contributed by atoms with van der Waals surface area (Å²) in [5, 5.41) is 3.19. The lowest BCUT2D eigenvalue weighted by molar-refractivity contribution is -0.160. The molecule has 0 spiro atoms. The molecule has 1 atom stereocenters. The molecule has 0 aliphatic carbocycles. The fourth-order valence-corrected chi connectivity index (χ4v) is 5.46. The van der Waals surface area contributed by atoms with Crippen LogP contribution in [0, 0.1) is 5.92 Å². The molecule has 8 heteroatoms. The number of carbonyl (C=O) groups excluding carboxylic acids is 1. The summed E-state index contributed by atoms with van der Waals surface area (Å²) < 4.78 is 40.0. The van der Waals surface area contributed by atoms with Crippen LogP contribution in [0.4, 0.5) is 5.69 Å². The highest BCUT2D eigenvalue weighted by molar-refractivity contribution is 7.89. The second-order valence-electron chi connectivity index (χ2n) is 9.65. The number of fused-ring (bicyclic) bond motifs is 1. The van der Waals surface area contributed by atoms with Crippen LogP contribution in [0.25, 0.3) is 0 Å². The van der Waals surface area contributed by atoms with E-state index >= 15 is 0 Å². The molecule has 180 valence electrons. The maximum Gasteiger partial charge on any atom is 0.324 e. The number of carbonyl (C=O) groups is 1. The summed E-state index contributed by atoms with van der Waals surface area (Å²) in [4.78, 5) is 13.1. The van der Waals surface area contributed by atoms with E-state index in [0.717, 1.165) is 5.56 Å². The van der Waals surface area contributed by atoms with Crippen LogP contribution >= 0.6 is 0 Å². The second kappa shape index (κ2) is 10.1. The van der Waals surface area contributed by atoms with Gasteiger partial charge in [0.25, 0.3) is 0 Å². The zero-order chi connectivity index (χ0) is 24.2. The second-order valence-corrected chi connectivity index (χ2v) is 11.5. The number of benzene rings is 2. The molecule has 1 aliphatic heterocycles. The van der Waals surface area contributed by atoms with Gasteiger partial charge in [0, 0.05) is 19.2 Å². The van der Waals surface area contributed by atoms with E-state index in [1.807, 2.05) is 44.2 Å². The summed E-state index contributed by atoms with van der Waals surface area (Å²) in [6.07, 6.45) is 0.377. The third-order valence-corrected chi connectivity index (χ3v) is 7.12. The SMILES string of the molecule is CC(C)C[C@H](C(=O)OC(C)(C)C)N1CCNc2cc(OCc3ccccc3)ccc2S1(=O)=O. The molecule has 3 rings (SSSR count). The first-order valence-corrected chi connectivity index (χ1v) is 12.7. The molecule has 0 saturated heterocycles. The van der Waals surface area contributed by atoms with Gasteiger partial charge in [0.15, 0.2) is 0 Å². The van der Waals surface area contributed by atoms with Crippen molar-refractivity contribution in [3.05, 3.63) is 54.1 Å². The van der Waals surface area contributed by atoms with E-state index in [0.29, 0.717) is 31.0 Å². The Balaban J connectivity index is 1.88. The first-order valence-electron chi connectivity index (χ1n) is 11.3. The van der Waals surface area contributed by atoms with Gasteiger partial charge in [-0.15, -0.1) is 0 Å². The minimum atomic E-state index is -3.93. The van der Waals surface area contributed by atoms with Crippen LogP contribution in [0.15, 0.2) is 53.4 Å². The monoisotopic (exact) mass is 474 g/mol. The van der Waals surface area contributed by atoms with Crippen molar-refractivity contribution in [3.63, 3.8) is 0 Å². The molecule has 2 aromatic rings. The van der Waals surface area contributed by atoms with Crippen LogP contribution in [0.5, 0.6) is 5.75 Å². The van der Waals surface area contributed by atoms with Crippen molar-refractivity contribution >= 4 is 21.7 Å². The van der Waals surface area contributed by atoms with Crippen molar-refractivity contribution in [3.8, 4) is 5.75 Å². The summed E-state index contributed by atoms with van der Waals surface area (Å²) in [6, 6.07) is 13.8. The van der Waals surface area contributed by atoms with Gasteiger partial charge in [-0.3, -0.25) is 4.79 Å². The first kappa shape index (κ1) is 25.1. The van der Waals surface area contributed by atoms with Crippen LogP contribution < -0.4 is 10.1 Å². The highest BCUT2D eigenvalue weighted by Crippen LogP contribution is 2.33. The standard InChI is InChI=1S/C25H34N2O5S/c1-18(2)15-22(24(28)32-25(3,4)5)27-14-13-26-21-16-20(11-12-23(21)33(27,29)30)31-17-19-9-7-6-8-10-19/h6-12,16,18,22,26H,13-15,17H2,1-5H3/t22-/m1/s1. The molecule has 0 bridgehead atoms. The maximum atomic E-state index is 13.6. The normalized spacial score (nSPS) is 16.9. The van der Waals surface area contributed by atoms with Crippen LogP contribution in [-0.4, -0.2) is 43.4 Å². The number of nitrogens with zero attached hydrogens (tertiary/aromatic N) is 1. The van der Waals surface area contributed by atoms with Crippen LogP contribution in [0.3, 0.4) is 0 Å². The number of esters is 1. The Bertz CT molecular complexity index is 1060. The highest BCUT2D eigenvalue weighted by Gasteiger charge is 2.40. The van der Waals surface area contributed by atoms with Gasteiger partial charge in [0.05, 0.1) is 5.69 Å². The molecule has 0 unspecified atom stereocenters. The van der Waals surface area contributed by atoms with E-state index < -0.39 is 27.6 Å². The maximum absolute atomic E-state index is 13.6. The number of nitrogens with one attached hydrogen (secondary N) is 1. The van der Waals surface area contributed by atoms with Gasteiger partial charge in [0.1, 0.15) is 28.9 Å². The molecule has 1 heterocycles. The Hall–Kier alpha value is -2.58. The Morgan fingerprint density at radius 3 is 2.45 bits per heavy atom. The molecule has 1 N–H and O–H groups in total. The van der Waals surface area contributed by atoms with Crippen molar-refractivity contribution in [2.45, 2.75) is 64.2 Å². The summed E-state index contributed by atoms with van der Waals surface area (Å²) in [5.74, 6) is 0.160. The Morgan fingerprint density at radius 2 is 1.82 bits per heavy atom. The molecular formula is C25H34N2O5S. The van der Waals surface area contributed by atoms with Gasteiger partial charge in [-0.2, -0.15) is 4.31 Å². The van der Waals surface area contributed by atoms with Gasteiger partial charge in [-0.05, 0) is 50.8 Å². The van der Waals surface area contributed by atoms with E-state index in [2.05, 4.69) is 5.32 Å². The Morgan fingerprint density at radius 1 is 1.12 bits per heavy atom. The minimum absolute atomic E-state index is 0.113. The van der Waals surface area contributed by atoms with Crippen molar-refractivity contribution in [2.24, 2.45) is 5.92 Å². The molecule has 0 fully saturated rings. The molecule has 1 aliphatic rings. The number of anilines is 1. The van der Waals surface area contributed by atoms with Crippen molar-refractivity contribution in [1.82, 2.24) is 4.31 Å². The highest BCUT2D eigenvalue weighted by atomic mass is 32.2. The van der Waals surface area contributed by atoms with Crippen molar-refractivity contribution in [1.29, 1.82) is 0 Å². The predicted octanol–water partition coefficient (Wildman–Crippen LogP) is 4.44. The zero-order valence-electron chi connectivity index (χ0n) is 20.0. The quantitative estimate of drug-likeness (QED) is 0.597. The van der Waals surface area contributed by atoms with Crippen LogP contribution in [-0.2, 0) is 26.2 Å². The summed E-state index contributed by atoms with van der Waals surface area (Å²) in [6.45, 7) is 10.2. The molecule has 0 saturated carbocycles. The largest absolute Gasteiger partial charge is 0.489 e.